The van der Waals surface area contributed by atoms with Crippen molar-refractivity contribution in [2.45, 2.75) is 18.0 Å². The van der Waals surface area contributed by atoms with Crippen LogP contribution in [0.4, 0.5) is 13.2 Å². The van der Waals surface area contributed by atoms with Crippen LogP contribution in [0.2, 0.25) is 0 Å². The molecule has 0 heterocycles. The van der Waals surface area contributed by atoms with Gasteiger partial charge in [-0.15, -0.1) is 0 Å². The van der Waals surface area contributed by atoms with Gasteiger partial charge in [-0.2, -0.15) is 18.4 Å². The van der Waals surface area contributed by atoms with Crippen LogP contribution in [-0.4, -0.2) is 19.1 Å². The lowest BCUT2D eigenvalue weighted by atomic mass is 9.76. The number of ketones is 1. The fraction of sp³-hybridized carbons (Fsp3) is 0.222. The molecule has 0 unspecified atom stereocenters. The van der Waals surface area contributed by atoms with Crippen molar-refractivity contribution >= 4 is 5.78 Å². The molecule has 0 saturated carbocycles. The van der Waals surface area contributed by atoms with Crippen LogP contribution in [-0.2, 0) is 5.41 Å². The molecular formula is C18H14F3NO2. The molecule has 0 aliphatic heterocycles. The van der Waals surface area contributed by atoms with Gasteiger partial charge < -0.3 is 4.74 Å². The van der Waals surface area contributed by atoms with Gasteiger partial charge in [0.1, 0.15) is 5.75 Å². The van der Waals surface area contributed by atoms with Gasteiger partial charge in [-0.3, -0.25) is 4.79 Å². The predicted molar refractivity (Wildman–Crippen MR) is 81.7 cm³/mol. The van der Waals surface area contributed by atoms with Gasteiger partial charge in [-0.25, -0.2) is 0 Å². The zero-order chi connectivity index (χ0) is 17.8. The van der Waals surface area contributed by atoms with E-state index in [4.69, 9.17) is 4.74 Å². The lowest BCUT2D eigenvalue weighted by Gasteiger charge is -2.29. The molecule has 0 amide bonds. The van der Waals surface area contributed by atoms with E-state index in [-0.39, 0.29) is 11.1 Å². The normalized spacial score (nSPS) is 13.6. The van der Waals surface area contributed by atoms with Crippen LogP contribution in [0.15, 0.2) is 54.6 Å². The van der Waals surface area contributed by atoms with E-state index in [9.17, 15) is 23.2 Å². The van der Waals surface area contributed by atoms with Gasteiger partial charge in [0.2, 0.25) is 0 Å². The minimum atomic E-state index is -4.88. The Kier molecular flexibility index (Phi) is 4.93. The summed E-state index contributed by atoms with van der Waals surface area (Å²) in [7, 11) is 1.44. The van der Waals surface area contributed by atoms with Crippen molar-refractivity contribution in [1.29, 1.82) is 5.26 Å². The van der Waals surface area contributed by atoms with Gasteiger partial charge in [0.15, 0.2) is 11.2 Å². The summed E-state index contributed by atoms with van der Waals surface area (Å²) in [5.74, 6) is -0.280. The Morgan fingerprint density at radius 1 is 1.08 bits per heavy atom. The maximum atomic E-state index is 13.7. The number of benzene rings is 2. The summed E-state index contributed by atoms with van der Waals surface area (Å²) in [4.78, 5) is 12.3. The molecule has 0 spiro atoms. The van der Waals surface area contributed by atoms with Gasteiger partial charge >= 0.3 is 6.18 Å². The number of nitrogens with zero attached hydrogens (tertiary/aromatic N) is 1. The third kappa shape index (κ3) is 3.25. The molecule has 2 aromatic rings. The second kappa shape index (κ2) is 6.75. The largest absolute Gasteiger partial charge is 0.497 e. The smallest absolute Gasteiger partial charge is 0.411 e. The van der Waals surface area contributed by atoms with E-state index in [1.165, 1.54) is 61.7 Å². The second-order valence-corrected chi connectivity index (χ2v) is 5.21. The topological polar surface area (TPSA) is 50.1 Å². The highest BCUT2D eigenvalue weighted by Crippen LogP contribution is 2.44. The van der Waals surface area contributed by atoms with E-state index in [1.807, 2.05) is 0 Å². The highest BCUT2D eigenvalue weighted by atomic mass is 19.4. The Labute approximate surface area is 137 Å². The van der Waals surface area contributed by atoms with Crippen LogP contribution in [0.5, 0.6) is 5.75 Å². The summed E-state index contributed by atoms with van der Waals surface area (Å²) in [5, 5.41) is 9.30. The molecule has 2 rings (SSSR count). The predicted octanol–water partition coefficient (Wildman–Crippen LogP) is 4.29. The van der Waals surface area contributed by atoms with Crippen molar-refractivity contribution in [3.8, 4) is 11.8 Å². The first-order chi connectivity index (χ1) is 11.3. The van der Waals surface area contributed by atoms with Crippen LogP contribution in [0.1, 0.15) is 22.3 Å². The summed E-state index contributed by atoms with van der Waals surface area (Å²) >= 11 is 0. The first-order valence-electron chi connectivity index (χ1n) is 7.05. The molecule has 24 heavy (non-hydrogen) atoms. The summed E-state index contributed by atoms with van der Waals surface area (Å²) < 4.78 is 45.9. The first kappa shape index (κ1) is 17.5. The Balaban J connectivity index is 2.42. The van der Waals surface area contributed by atoms with Crippen LogP contribution in [0, 0.1) is 11.3 Å². The molecule has 0 radical (unpaired) electrons. The van der Waals surface area contributed by atoms with Gasteiger partial charge in [-0.05, 0) is 29.8 Å². The Morgan fingerprint density at radius 3 is 2.12 bits per heavy atom. The van der Waals surface area contributed by atoms with Crippen LogP contribution >= 0.6 is 0 Å². The standard InChI is InChI=1S/C18H14F3NO2/c1-24-15-9-7-13(8-10-15)16(23)11-17(12-22,18(19,20)21)14-5-3-2-4-6-14/h2-10H,11H2,1H3/t17-/m0/s1. The third-order valence-electron chi connectivity index (χ3n) is 3.78. The van der Waals surface area contributed by atoms with Crippen molar-refractivity contribution in [3.63, 3.8) is 0 Å². The fourth-order valence-electron chi connectivity index (χ4n) is 2.38. The summed E-state index contributed by atoms with van der Waals surface area (Å²) in [6, 6.07) is 13.8. The molecule has 0 aliphatic carbocycles. The molecule has 6 heteroatoms. The SMILES string of the molecule is COc1ccc(C(=O)C[C@](C#N)(c2ccccc2)C(F)(F)F)cc1. The number of methoxy groups -OCH3 is 1. The number of rotatable bonds is 5. The van der Waals surface area contributed by atoms with Gasteiger partial charge in [0.25, 0.3) is 0 Å². The second-order valence-electron chi connectivity index (χ2n) is 5.21. The lowest BCUT2D eigenvalue weighted by molar-refractivity contribution is -0.172. The van der Waals surface area contributed by atoms with Crippen LogP contribution in [0.3, 0.4) is 0 Å². The molecular weight excluding hydrogens is 319 g/mol. The van der Waals surface area contributed by atoms with E-state index in [1.54, 1.807) is 6.07 Å². The molecule has 124 valence electrons. The minimum Gasteiger partial charge on any atom is -0.497 e. The molecule has 0 fully saturated rings. The minimum absolute atomic E-state index is 0.0932. The number of hydrogen-bond acceptors (Lipinski definition) is 3. The van der Waals surface area contributed by atoms with E-state index in [0.29, 0.717) is 5.75 Å². The van der Waals surface area contributed by atoms with Gasteiger partial charge in [0.05, 0.1) is 13.2 Å². The zero-order valence-corrected chi connectivity index (χ0v) is 12.8. The molecule has 0 saturated heterocycles. The van der Waals surface area contributed by atoms with Crippen molar-refractivity contribution in [3.05, 3.63) is 65.7 Å². The number of alkyl halides is 3. The van der Waals surface area contributed by atoms with E-state index >= 15 is 0 Å². The van der Waals surface area contributed by atoms with Gasteiger partial charge in [0, 0.05) is 12.0 Å². The number of carbonyl (C=O) groups excluding carboxylic acids is 1. The maximum absolute atomic E-state index is 13.7. The first-order valence-corrected chi connectivity index (χ1v) is 7.05. The quantitative estimate of drug-likeness (QED) is 0.767. The Hall–Kier alpha value is -2.81. The number of Topliss-reactive ketones (excluding diaryl/α,β-unsaturated/α-hetero) is 1. The summed E-state index contributed by atoms with van der Waals surface area (Å²) in [6.07, 6.45) is -5.87. The number of ether oxygens (including phenoxy) is 1. The number of hydrogen-bond donors (Lipinski definition) is 0. The van der Waals surface area contributed by atoms with Crippen molar-refractivity contribution in [2.24, 2.45) is 0 Å². The fourth-order valence-corrected chi connectivity index (χ4v) is 2.38. The number of nitriles is 1. The van der Waals surface area contributed by atoms with E-state index in [0.717, 1.165) is 0 Å². The molecule has 0 N–H and O–H groups in total. The summed E-state index contributed by atoms with van der Waals surface area (Å²) in [6.45, 7) is 0. The monoisotopic (exact) mass is 333 g/mol. The average molecular weight is 333 g/mol. The van der Waals surface area contributed by atoms with Crippen molar-refractivity contribution < 1.29 is 22.7 Å². The molecule has 0 aromatic heterocycles. The highest BCUT2D eigenvalue weighted by Gasteiger charge is 2.57. The van der Waals surface area contributed by atoms with Crippen molar-refractivity contribution in [2.75, 3.05) is 7.11 Å². The molecule has 0 bridgehead atoms. The third-order valence-corrected chi connectivity index (χ3v) is 3.78. The average Bonchev–Trinajstić information content (AvgIpc) is 2.59. The summed E-state index contributed by atoms with van der Waals surface area (Å²) in [5.41, 5.74) is -3.04. The molecule has 3 nitrogen and oxygen atoms in total. The zero-order valence-electron chi connectivity index (χ0n) is 12.8. The number of halogens is 3. The Bertz CT molecular complexity index is 749. The van der Waals surface area contributed by atoms with E-state index < -0.39 is 23.8 Å². The molecule has 0 aliphatic rings. The lowest BCUT2D eigenvalue weighted by Crippen LogP contribution is -2.43. The highest BCUT2D eigenvalue weighted by molar-refractivity contribution is 5.97. The molecule has 2 aromatic carbocycles. The Morgan fingerprint density at radius 2 is 1.67 bits per heavy atom. The number of carbonyl (C=O) groups is 1. The molecule has 1 atom stereocenters. The van der Waals surface area contributed by atoms with Crippen molar-refractivity contribution in [1.82, 2.24) is 0 Å². The van der Waals surface area contributed by atoms with E-state index in [2.05, 4.69) is 0 Å². The maximum Gasteiger partial charge on any atom is 0.411 e. The van der Waals surface area contributed by atoms with Crippen LogP contribution < -0.4 is 4.74 Å². The van der Waals surface area contributed by atoms with Crippen LogP contribution in [0.25, 0.3) is 0 Å². The van der Waals surface area contributed by atoms with Gasteiger partial charge in [-0.1, -0.05) is 30.3 Å².